The molecular formula is C20H26N2O4S. The Bertz CT molecular complexity index is 732. The molecule has 1 heterocycles. The number of amides is 2. The monoisotopic (exact) mass is 390 g/mol. The number of rotatable bonds is 5. The van der Waals surface area contributed by atoms with Crippen LogP contribution in [-0.2, 0) is 9.59 Å². The second-order valence-electron chi connectivity index (χ2n) is 8.17. The zero-order chi connectivity index (χ0) is 19.0. The molecule has 4 fully saturated rings. The van der Waals surface area contributed by atoms with E-state index in [1.807, 2.05) is 0 Å². The van der Waals surface area contributed by atoms with Crippen molar-refractivity contribution < 1.29 is 19.5 Å². The highest BCUT2D eigenvalue weighted by molar-refractivity contribution is 7.14. The number of carbonyl (C=O) groups is 3. The molecule has 4 saturated carbocycles. The number of nitrogens with one attached hydrogen (secondary N) is 2. The molecule has 2 atom stereocenters. The number of hydrogen-bond donors (Lipinski definition) is 3. The summed E-state index contributed by atoms with van der Waals surface area (Å²) in [4.78, 5) is 37.4. The van der Waals surface area contributed by atoms with E-state index in [2.05, 4.69) is 10.6 Å². The van der Waals surface area contributed by atoms with Crippen molar-refractivity contribution in [2.45, 2.75) is 57.4 Å². The quantitative estimate of drug-likeness (QED) is 0.717. The van der Waals surface area contributed by atoms with Crippen molar-refractivity contribution in [2.75, 3.05) is 5.32 Å². The minimum absolute atomic E-state index is 0.0942. The van der Waals surface area contributed by atoms with E-state index in [0.717, 1.165) is 51.4 Å². The average Bonchev–Trinajstić information content (AvgIpc) is 3.33. The Morgan fingerprint density at radius 2 is 1.59 bits per heavy atom. The van der Waals surface area contributed by atoms with Crippen LogP contribution in [0, 0.1) is 23.7 Å². The molecule has 4 aliphatic carbocycles. The summed E-state index contributed by atoms with van der Waals surface area (Å²) >= 11 is 1.32. The Kier molecular flexibility index (Phi) is 5.21. The van der Waals surface area contributed by atoms with E-state index in [4.69, 9.17) is 0 Å². The highest BCUT2D eigenvalue weighted by Gasteiger charge is 2.50. The first-order valence-electron chi connectivity index (χ1n) is 9.96. The molecule has 146 valence electrons. The van der Waals surface area contributed by atoms with Gasteiger partial charge < -0.3 is 15.7 Å². The second-order valence-corrected chi connectivity index (χ2v) is 9.09. The maximum Gasteiger partial charge on any atom is 0.307 e. The van der Waals surface area contributed by atoms with Crippen LogP contribution in [0.5, 0.6) is 0 Å². The van der Waals surface area contributed by atoms with Crippen LogP contribution in [-0.4, -0.2) is 28.9 Å². The molecule has 0 saturated heterocycles. The molecule has 5 rings (SSSR count). The lowest BCUT2D eigenvalue weighted by Gasteiger charge is -2.45. The fourth-order valence-corrected chi connectivity index (χ4v) is 6.08. The second kappa shape index (κ2) is 7.62. The lowest BCUT2D eigenvalue weighted by atomic mass is 9.58. The highest BCUT2D eigenvalue weighted by atomic mass is 32.1. The first kappa shape index (κ1) is 18.5. The van der Waals surface area contributed by atoms with Crippen molar-refractivity contribution in [3.05, 3.63) is 17.0 Å². The summed E-state index contributed by atoms with van der Waals surface area (Å²) in [5, 5.41) is 17.9. The maximum atomic E-state index is 13.0. The van der Waals surface area contributed by atoms with E-state index in [1.54, 1.807) is 11.4 Å². The van der Waals surface area contributed by atoms with E-state index in [0.29, 0.717) is 10.6 Å². The van der Waals surface area contributed by atoms with Crippen molar-refractivity contribution in [2.24, 2.45) is 23.7 Å². The molecule has 2 amide bonds. The number of carbonyl (C=O) groups excluding carboxylic acids is 2. The Morgan fingerprint density at radius 3 is 2.22 bits per heavy atom. The predicted molar refractivity (Wildman–Crippen MR) is 103 cm³/mol. The molecule has 0 aliphatic heterocycles. The van der Waals surface area contributed by atoms with Crippen LogP contribution in [0.15, 0.2) is 11.4 Å². The van der Waals surface area contributed by atoms with Gasteiger partial charge in [-0.3, -0.25) is 14.4 Å². The van der Waals surface area contributed by atoms with Gasteiger partial charge in [0.1, 0.15) is 5.00 Å². The fourth-order valence-electron chi connectivity index (χ4n) is 5.30. The highest BCUT2D eigenvalue weighted by Crippen LogP contribution is 2.49. The Morgan fingerprint density at radius 1 is 0.963 bits per heavy atom. The first-order chi connectivity index (χ1) is 13.0. The molecule has 4 aliphatic rings. The van der Waals surface area contributed by atoms with Crippen LogP contribution in [0.3, 0.4) is 0 Å². The molecule has 6 nitrogen and oxygen atoms in total. The Labute approximate surface area is 162 Å². The largest absolute Gasteiger partial charge is 0.481 e. The summed E-state index contributed by atoms with van der Waals surface area (Å²) in [7, 11) is 0. The van der Waals surface area contributed by atoms with Gasteiger partial charge in [-0.15, -0.1) is 11.3 Å². The number of carboxylic acid groups (broad SMARTS) is 1. The summed E-state index contributed by atoms with van der Waals surface area (Å²) < 4.78 is 0. The molecule has 0 radical (unpaired) electrons. The average molecular weight is 391 g/mol. The lowest BCUT2D eigenvalue weighted by molar-refractivity contribution is -0.156. The molecule has 3 N–H and O–H groups in total. The molecule has 0 aromatic carbocycles. The van der Waals surface area contributed by atoms with E-state index in [1.165, 1.54) is 11.3 Å². The zero-order valence-corrected chi connectivity index (χ0v) is 16.1. The third-order valence-corrected chi connectivity index (χ3v) is 7.47. The van der Waals surface area contributed by atoms with Gasteiger partial charge >= 0.3 is 5.97 Å². The van der Waals surface area contributed by atoms with Crippen molar-refractivity contribution >= 4 is 34.1 Å². The number of fused-ring (bicyclic) bond motifs is 3. The van der Waals surface area contributed by atoms with Crippen LogP contribution in [0.1, 0.15) is 61.7 Å². The molecule has 1 aromatic heterocycles. The number of aliphatic carboxylic acids is 1. The molecule has 27 heavy (non-hydrogen) atoms. The Hall–Kier alpha value is -1.89. The standard InChI is InChI=1S/C20H26N2O4S/c23-17(21-13-3-1-2-4-13)14-9-10-27-19(14)22-18(24)15-11-5-7-12(8-6-11)16(15)20(25)26/h9-13,15-16H,1-8H2,(H,21,23)(H,22,24)(H,25,26)/t11?,12?,15-,16+/m0/s1. The summed E-state index contributed by atoms with van der Waals surface area (Å²) in [5.74, 6) is -2.14. The smallest absolute Gasteiger partial charge is 0.307 e. The van der Waals surface area contributed by atoms with Gasteiger partial charge in [0, 0.05) is 6.04 Å². The van der Waals surface area contributed by atoms with Crippen LogP contribution in [0.2, 0.25) is 0 Å². The van der Waals surface area contributed by atoms with Crippen LogP contribution in [0.4, 0.5) is 5.00 Å². The normalized spacial score (nSPS) is 30.2. The summed E-state index contributed by atoms with van der Waals surface area (Å²) in [6, 6.07) is 1.94. The van der Waals surface area contributed by atoms with Crippen LogP contribution in [0.25, 0.3) is 0 Å². The molecule has 7 heteroatoms. The van der Waals surface area contributed by atoms with Crippen molar-refractivity contribution in [3.8, 4) is 0 Å². The summed E-state index contributed by atoms with van der Waals surface area (Å²) in [6.45, 7) is 0. The third-order valence-electron chi connectivity index (χ3n) is 6.64. The van der Waals surface area contributed by atoms with E-state index in [9.17, 15) is 19.5 Å². The first-order valence-corrected chi connectivity index (χ1v) is 10.8. The predicted octanol–water partition coefficient (Wildman–Crippen LogP) is 3.50. The molecule has 0 unspecified atom stereocenters. The minimum Gasteiger partial charge on any atom is -0.481 e. The number of anilines is 1. The van der Waals surface area contributed by atoms with Gasteiger partial charge in [0.05, 0.1) is 17.4 Å². The molecule has 1 aromatic rings. The summed E-state index contributed by atoms with van der Waals surface area (Å²) in [6.07, 6.45) is 7.93. The zero-order valence-electron chi connectivity index (χ0n) is 15.3. The molecule has 0 spiro atoms. The number of carboxylic acids is 1. The topological polar surface area (TPSA) is 95.5 Å². The number of thiophene rings is 1. The SMILES string of the molecule is O=C(NC1CCCC1)c1ccsc1NC(=O)[C@H]1C2CCC(CC2)[C@H]1C(=O)O. The van der Waals surface area contributed by atoms with Gasteiger partial charge in [-0.25, -0.2) is 0 Å². The van der Waals surface area contributed by atoms with Gasteiger partial charge in [-0.1, -0.05) is 12.8 Å². The molecule has 2 bridgehead atoms. The fraction of sp³-hybridized carbons (Fsp3) is 0.650. The van der Waals surface area contributed by atoms with Gasteiger partial charge in [0.15, 0.2) is 0 Å². The Balaban J connectivity index is 1.47. The van der Waals surface area contributed by atoms with Crippen molar-refractivity contribution in [1.29, 1.82) is 0 Å². The van der Waals surface area contributed by atoms with Gasteiger partial charge in [0.25, 0.3) is 5.91 Å². The van der Waals surface area contributed by atoms with Gasteiger partial charge in [-0.2, -0.15) is 0 Å². The van der Waals surface area contributed by atoms with Crippen molar-refractivity contribution in [3.63, 3.8) is 0 Å². The molecular weight excluding hydrogens is 364 g/mol. The van der Waals surface area contributed by atoms with Crippen molar-refractivity contribution in [1.82, 2.24) is 5.32 Å². The van der Waals surface area contributed by atoms with E-state index >= 15 is 0 Å². The number of hydrogen-bond acceptors (Lipinski definition) is 4. The van der Waals surface area contributed by atoms with E-state index in [-0.39, 0.29) is 29.7 Å². The van der Waals surface area contributed by atoms with Crippen LogP contribution < -0.4 is 10.6 Å². The lowest BCUT2D eigenvalue weighted by Crippen LogP contribution is -2.49. The van der Waals surface area contributed by atoms with Crippen LogP contribution >= 0.6 is 11.3 Å². The minimum atomic E-state index is -0.866. The third kappa shape index (κ3) is 3.61. The van der Waals surface area contributed by atoms with Gasteiger partial charge in [-0.05, 0) is 61.8 Å². The summed E-state index contributed by atoms with van der Waals surface area (Å²) in [5.41, 5.74) is 0.480. The van der Waals surface area contributed by atoms with E-state index < -0.39 is 17.8 Å². The van der Waals surface area contributed by atoms with Gasteiger partial charge in [0.2, 0.25) is 5.91 Å². The maximum absolute atomic E-state index is 13.0.